The first-order valence-corrected chi connectivity index (χ1v) is 12.9. The molecular formula is C25H28F3NO5S. The molecule has 2 aliphatic heterocycles. The second-order valence-corrected chi connectivity index (χ2v) is 10.6. The van der Waals surface area contributed by atoms with Crippen molar-refractivity contribution in [3.63, 3.8) is 0 Å². The summed E-state index contributed by atoms with van der Waals surface area (Å²) >= 11 is 0. The molecule has 1 saturated heterocycles. The quantitative estimate of drug-likeness (QED) is 0.546. The summed E-state index contributed by atoms with van der Waals surface area (Å²) in [5, 5.41) is 9.89. The van der Waals surface area contributed by atoms with Crippen LogP contribution >= 0.6 is 0 Å². The van der Waals surface area contributed by atoms with Crippen LogP contribution in [0.25, 0.3) is 0 Å². The first kappa shape index (κ1) is 25.5. The van der Waals surface area contributed by atoms with Crippen LogP contribution in [0.1, 0.15) is 36.0 Å². The van der Waals surface area contributed by atoms with Crippen molar-refractivity contribution in [2.45, 2.75) is 49.4 Å². The first-order chi connectivity index (χ1) is 16.6. The number of fused-ring (bicyclic) bond motifs is 1. The molecule has 10 heteroatoms. The number of halogens is 3. The zero-order chi connectivity index (χ0) is 25.2. The summed E-state index contributed by atoms with van der Waals surface area (Å²) in [6.07, 6.45) is -0.706. The van der Waals surface area contributed by atoms with Crippen molar-refractivity contribution in [3.8, 4) is 5.75 Å². The highest BCUT2D eigenvalue weighted by Gasteiger charge is 2.37. The summed E-state index contributed by atoms with van der Waals surface area (Å²) in [4.78, 5) is -0.0837. The number of hydrogen-bond acceptors (Lipinski definition) is 5. The van der Waals surface area contributed by atoms with E-state index in [0.29, 0.717) is 55.5 Å². The van der Waals surface area contributed by atoms with Crippen molar-refractivity contribution in [3.05, 3.63) is 65.7 Å². The number of hydrogen-bond donors (Lipinski definition) is 1. The van der Waals surface area contributed by atoms with Crippen molar-refractivity contribution in [2.24, 2.45) is 5.92 Å². The molecule has 2 aromatic rings. The summed E-state index contributed by atoms with van der Waals surface area (Å²) in [5.74, 6) is 0.713. The van der Waals surface area contributed by atoms with Crippen LogP contribution in [-0.2, 0) is 34.0 Å². The molecule has 0 unspecified atom stereocenters. The van der Waals surface area contributed by atoms with Gasteiger partial charge in [-0.1, -0.05) is 6.08 Å². The van der Waals surface area contributed by atoms with Gasteiger partial charge in [-0.05, 0) is 73.6 Å². The molecule has 0 bridgehead atoms. The number of aryl methyl sites for hydroxylation is 1. The fraction of sp³-hybridized carbons (Fsp3) is 0.440. The minimum Gasteiger partial charge on any atom is -0.493 e. The molecule has 0 radical (unpaired) electrons. The fourth-order valence-corrected chi connectivity index (χ4v) is 6.26. The van der Waals surface area contributed by atoms with E-state index in [2.05, 4.69) is 6.58 Å². The van der Waals surface area contributed by atoms with E-state index in [1.165, 1.54) is 30.3 Å². The molecule has 35 heavy (non-hydrogen) atoms. The van der Waals surface area contributed by atoms with Crippen molar-refractivity contribution in [1.29, 1.82) is 0 Å². The average molecular weight is 512 g/mol. The maximum atomic E-state index is 13.7. The number of rotatable bonds is 7. The van der Waals surface area contributed by atoms with E-state index < -0.39 is 34.4 Å². The lowest BCUT2D eigenvalue weighted by Crippen LogP contribution is -2.42. The Morgan fingerprint density at radius 2 is 1.89 bits per heavy atom. The van der Waals surface area contributed by atoms with Crippen LogP contribution in [0.2, 0.25) is 0 Å². The van der Waals surface area contributed by atoms with Crippen molar-refractivity contribution in [2.75, 3.05) is 24.1 Å². The number of anilines is 1. The van der Waals surface area contributed by atoms with Crippen LogP contribution in [0.3, 0.4) is 0 Å². The van der Waals surface area contributed by atoms with Gasteiger partial charge in [0.15, 0.2) is 0 Å². The molecule has 6 nitrogen and oxygen atoms in total. The Kier molecular flexibility index (Phi) is 7.44. The normalized spacial score (nSPS) is 19.3. The van der Waals surface area contributed by atoms with Crippen molar-refractivity contribution in [1.82, 2.24) is 0 Å². The smallest absolute Gasteiger partial charge is 0.416 e. The maximum absolute atomic E-state index is 13.7. The number of nitrogens with zero attached hydrogens (tertiary/aromatic N) is 1. The number of ether oxygens (including phenoxy) is 2. The van der Waals surface area contributed by atoms with Gasteiger partial charge in [0.2, 0.25) is 0 Å². The summed E-state index contributed by atoms with van der Waals surface area (Å²) in [6.45, 7) is 5.08. The molecule has 2 aliphatic rings. The zero-order valence-electron chi connectivity index (χ0n) is 19.1. The zero-order valence-corrected chi connectivity index (χ0v) is 19.9. The van der Waals surface area contributed by atoms with Crippen molar-refractivity contribution < 1.29 is 36.2 Å². The Hall–Kier alpha value is -2.56. The van der Waals surface area contributed by atoms with E-state index >= 15 is 0 Å². The van der Waals surface area contributed by atoms with E-state index in [0.717, 1.165) is 29.3 Å². The Labute approximate surface area is 203 Å². The lowest BCUT2D eigenvalue weighted by Gasteiger charge is -2.36. The van der Waals surface area contributed by atoms with Gasteiger partial charge in [0.1, 0.15) is 5.75 Å². The maximum Gasteiger partial charge on any atom is 0.416 e. The third-order valence-electron chi connectivity index (χ3n) is 6.50. The standard InChI is InChI=1S/C25H28F3NO5S/c1-2-21-5-3-18-13-20(25(26,27)28)4-7-23(18)29(21)35(31,32)22-6-8-24(19(14-22)15-30)34-16-17-9-11-33-12-10-17/h2,4,6-8,13-14,17,21,30H,1,3,5,9-12,15-16H2/t21-/m0/s1. The highest BCUT2D eigenvalue weighted by Crippen LogP contribution is 2.40. The van der Waals surface area contributed by atoms with Gasteiger partial charge < -0.3 is 14.6 Å². The second kappa shape index (κ2) is 10.2. The van der Waals surface area contributed by atoms with Crippen molar-refractivity contribution >= 4 is 15.7 Å². The summed E-state index contributed by atoms with van der Waals surface area (Å²) in [7, 11) is -4.17. The SMILES string of the molecule is C=C[C@H]1CCc2cc(C(F)(F)F)ccc2N1S(=O)(=O)c1ccc(OCC2CCOCC2)c(CO)c1. The molecule has 1 atom stereocenters. The number of aliphatic hydroxyl groups is 1. The van der Waals surface area contributed by atoms with Crippen LogP contribution in [0.4, 0.5) is 18.9 Å². The predicted molar refractivity (Wildman–Crippen MR) is 125 cm³/mol. The molecule has 190 valence electrons. The molecule has 4 rings (SSSR count). The van der Waals surface area contributed by atoms with Crippen LogP contribution in [0.5, 0.6) is 5.75 Å². The minimum atomic E-state index is -4.52. The average Bonchev–Trinajstić information content (AvgIpc) is 2.86. The van der Waals surface area contributed by atoms with E-state index in [4.69, 9.17) is 9.47 Å². The van der Waals surface area contributed by atoms with Gasteiger partial charge in [0.25, 0.3) is 10.0 Å². The summed E-state index contributed by atoms with van der Waals surface area (Å²) in [5.41, 5.74) is -0.00275. The Bertz CT molecular complexity index is 1180. The molecular weight excluding hydrogens is 483 g/mol. The van der Waals surface area contributed by atoms with Gasteiger partial charge in [0, 0.05) is 18.8 Å². The van der Waals surface area contributed by atoms with Crippen LogP contribution in [-0.4, -0.2) is 39.4 Å². The molecule has 1 N–H and O–H groups in total. The molecule has 2 heterocycles. The molecule has 0 aliphatic carbocycles. The van der Waals surface area contributed by atoms with Crippen LogP contribution < -0.4 is 9.04 Å². The summed E-state index contributed by atoms with van der Waals surface area (Å²) < 4.78 is 79.4. The largest absolute Gasteiger partial charge is 0.493 e. The van der Waals surface area contributed by atoms with Gasteiger partial charge >= 0.3 is 6.18 Å². The minimum absolute atomic E-state index is 0.0837. The lowest BCUT2D eigenvalue weighted by molar-refractivity contribution is -0.137. The van der Waals surface area contributed by atoms with E-state index in [9.17, 15) is 26.7 Å². The summed E-state index contributed by atoms with van der Waals surface area (Å²) in [6, 6.07) is 6.73. The van der Waals surface area contributed by atoms with Crippen LogP contribution in [0.15, 0.2) is 53.9 Å². The van der Waals surface area contributed by atoms with E-state index in [1.54, 1.807) is 0 Å². The van der Waals surface area contributed by atoms with E-state index in [1.807, 2.05) is 0 Å². The highest BCUT2D eigenvalue weighted by molar-refractivity contribution is 7.92. The predicted octanol–water partition coefficient (Wildman–Crippen LogP) is 4.70. The third kappa shape index (κ3) is 5.34. The van der Waals surface area contributed by atoms with Gasteiger partial charge in [-0.15, -0.1) is 6.58 Å². The van der Waals surface area contributed by atoms with Gasteiger partial charge in [-0.2, -0.15) is 13.2 Å². The molecule has 0 aromatic heterocycles. The van der Waals surface area contributed by atoms with Crippen LogP contribution in [0, 0.1) is 5.92 Å². The Morgan fingerprint density at radius 1 is 1.14 bits per heavy atom. The molecule has 0 saturated carbocycles. The van der Waals surface area contributed by atoms with Gasteiger partial charge in [-0.3, -0.25) is 4.31 Å². The second-order valence-electron chi connectivity index (χ2n) is 8.78. The number of aliphatic hydroxyl groups excluding tert-OH is 1. The number of sulfonamides is 1. The lowest BCUT2D eigenvalue weighted by atomic mass is 9.96. The molecule has 2 aromatic carbocycles. The van der Waals surface area contributed by atoms with Gasteiger partial charge in [-0.25, -0.2) is 8.42 Å². The Balaban J connectivity index is 1.65. The molecule has 0 spiro atoms. The molecule has 0 amide bonds. The number of alkyl halides is 3. The fourth-order valence-electron chi connectivity index (χ4n) is 4.51. The van der Waals surface area contributed by atoms with E-state index in [-0.39, 0.29) is 10.6 Å². The number of benzene rings is 2. The third-order valence-corrected chi connectivity index (χ3v) is 8.34. The Morgan fingerprint density at radius 3 is 2.54 bits per heavy atom. The van der Waals surface area contributed by atoms with Gasteiger partial charge in [0.05, 0.1) is 35.4 Å². The highest BCUT2D eigenvalue weighted by atomic mass is 32.2. The monoisotopic (exact) mass is 511 g/mol. The molecule has 1 fully saturated rings. The topological polar surface area (TPSA) is 76.1 Å². The first-order valence-electron chi connectivity index (χ1n) is 11.5.